The molecule has 1 aromatic heterocycles. The van der Waals surface area contributed by atoms with Gasteiger partial charge in [0.05, 0.1) is 11.7 Å². The molecule has 3 rings (SSSR count). The molecule has 2 aromatic rings. The van der Waals surface area contributed by atoms with Crippen molar-refractivity contribution in [1.82, 2.24) is 9.78 Å². The van der Waals surface area contributed by atoms with E-state index in [4.69, 9.17) is 5.10 Å². The monoisotopic (exact) mass is 241 g/mol. The van der Waals surface area contributed by atoms with Crippen molar-refractivity contribution in [3.63, 3.8) is 0 Å². The highest BCUT2D eigenvalue weighted by Gasteiger charge is 2.25. The van der Waals surface area contributed by atoms with E-state index in [9.17, 15) is 0 Å². The fraction of sp³-hybridized carbons (Fsp3) is 0.400. The zero-order chi connectivity index (χ0) is 12.7. The Hall–Kier alpha value is -1.77. The van der Waals surface area contributed by atoms with Crippen LogP contribution in [0.15, 0.2) is 24.3 Å². The number of nitrogens with zero attached hydrogens (tertiary/aromatic N) is 2. The number of rotatable bonds is 1. The molecule has 0 aliphatic carbocycles. The molecule has 0 bridgehead atoms. The minimum Gasteiger partial charge on any atom is -0.370 e. The minimum absolute atomic E-state index is 0.370. The standard InChI is InChI=1S/C15H19N3/c1-10-6-4-5-7-13(10)14-8-9-16-15-11(2)12(3)17-18(14)15/h4-7,14,16H,8-9H2,1-3H3. The van der Waals surface area contributed by atoms with Gasteiger partial charge in [-0.3, -0.25) is 0 Å². The third-order valence-corrected chi connectivity index (χ3v) is 3.94. The molecule has 2 heterocycles. The molecule has 1 unspecified atom stereocenters. The lowest BCUT2D eigenvalue weighted by molar-refractivity contribution is 0.477. The fourth-order valence-corrected chi connectivity index (χ4v) is 2.77. The van der Waals surface area contributed by atoms with E-state index in [1.807, 2.05) is 0 Å². The van der Waals surface area contributed by atoms with Gasteiger partial charge in [0.1, 0.15) is 5.82 Å². The highest BCUT2D eigenvalue weighted by atomic mass is 15.4. The number of nitrogens with one attached hydrogen (secondary N) is 1. The van der Waals surface area contributed by atoms with Crippen molar-refractivity contribution in [3.05, 3.63) is 46.6 Å². The highest BCUT2D eigenvalue weighted by Crippen LogP contribution is 2.33. The molecule has 1 aliphatic rings. The normalized spacial score (nSPS) is 18.3. The molecule has 0 amide bonds. The van der Waals surface area contributed by atoms with Crippen LogP contribution in [0.1, 0.15) is 34.8 Å². The lowest BCUT2D eigenvalue weighted by Gasteiger charge is -2.27. The van der Waals surface area contributed by atoms with Crippen molar-refractivity contribution in [2.75, 3.05) is 11.9 Å². The maximum Gasteiger partial charge on any atom is 0.128 e. The second kappa shape index (κ2) is 4.16. The first-order valence-electron chi connectivity index (χ1n) is 6.53. The van der Waals surface area contributed by atoms with Crippen molar-refractivity contribution >= 4 is 5.82 Å². The van der Waals surface area contributed by atoms with Crippen LogP contribution in [0.3, 0.4) is 0 Å². The molecule has 1 atom stereocenters. The Morgan fingerprint density at radius 3 is 2.78 bits per heavy atom. The van der Waals surface area contributed by atoms with Crippen LogP contribution in [0.2, 0.25) is 0 Å². The van der Waals surface area contributed by atoms with E-state index in [2.05, 4.69) is 55.0 Å². The van der Waals surface area contributed by atoms with Crippen molar-refractivity contribution in [3.8, 4) is 0 Å². The lowest BCUT2D eigenvalue weighted by atomic mass is 9.98. The van der Waals surface area contributed by atoms with Crippen LogP contribution in [0.4, 0.5) is 5.82 Å². The van der Waals surface area contributed by atoms with E-state index < -0.39 is 0 Å². The number of anilines is 1. The van der Waals surface area contributed by atoms with Gasteiger partial charge in [0.25, 0.3) is 0 Å². The van der Waals surface area contributed by atoms with Gasteiger partial charge in [0.15, 0.2) is 0 Å². The molecule has 0 saturated heterocycles. The molecule has 3 heteroatoms. The Bertz CT molecular complexity index is 583. The molecule has 3 nitrogen and oxygen atoms in total. The molecule has 1 aromatic carbocycles. The van der Waals surface area contributed by atoms with Gasteiger partial charge in [-0.1, -0.05) is 24.3 Å². The average molecular weight is 241 g/mol. The summed E-state index contributed by atoms with van der Waals surface area (Å²) in [6.45, 7) is 7.42. The first-order chi connectivity index (χ1) is 8.68. The van der Waals surface area contributed by atoms with Crippen LogP contribution in [-0.2, 0) is 0 Å². The van der Waals surface area contributed by atoms with Crippen molar-refractivity contribution in [2.24, 2.45) is 0 Å². The molecule has 0 saturated carbocycles. The fourth-order valence-electron chi connectivity index (χ4n) is 2.77. The van der Waals surface area contributed by atoms with Crippen LogP contribution < -0.4 is 5.32 Å². The third kappa shape index (κ3) is 1.62. The van der Waals surface area contributed by atoms with Gasteiger partial charge in [0.2, 0.25) is 0 Å². The van der Waals surface area contributed by atoms with Gasteiger partial charge in [0, 0.05) is 12.1 Å². The van der Waals surface area contributed by atoms with Crippen molar-refractivity contribution in [1.29, 1.82) is 0 Å². The highest BCUT2D eigenvalue weighted by molar-refractivity contribution is 5.49. The van der Waals surface area contributed by atoms with Gasteiger partial charge < -0.3 is 5.32 Å². The van der Waals surface area contributed by atoms with Gasteiger partial charge in [-0.05, 0) is 38.3 Å². The first-order valence-corrected chi connectivity index (χ1v) is 6.53. The summed E-state index contributed by atoms with van der Waals surface area (Å²) in [4.78, 5) is 0. The van der Waals surface area contributed by atoms with E-state index in [1.54, 1.807) is 0 Å². The predicted octanol–water partition coefficient (Wildman–Crippen LogP) is 3.21. The molecule has 0 spiro atoms. The summed E-state index contributed by atoms with van der Waals surface area (Å²) in [6, 6.07) is 8.99. The van der Waals surface area contributed by atoms with Crippen LogP contribution in [0.25, 0.3) is 0 Å². The van der Waals surface area contributed by atoms with E-state index in [0.29, 0.717) is 6.04 Å². The van der Waals surface area contributed by atoms with Gasteiger partial charge in [-0.2, -0.15) is 5.10 Å². The summed E-state index contributed by atoms with van der Waals surface area (Å²) in [5.74, 6) is 1.19. The maximum absolute atomic E-state index is 4.70. The number of fused-ring (bicyclic) bond motifs is 1. The molecule has 0 fully saturated rings. The van der Waals surface area contributed by atoms with Gasteiger partial charge >= 0.3 is 0 Å². The van der Waals surface area contributed by atoms with E-state index >= 15 is 0 Å². The third-order valence-electron chi connectivity index (χ3n) is 3.94. The quantitative estimate of drug-likeness (QED) is 0.830. The Balaban J connectivity index is 2.12. The molecule has 1 aliphatic heterocycles. The number of benzene rings is 1. The SMILES string of the molecule is Cc1ccccc1C1CCNc2c(C)c(C)nn21. The summed E-state index contributed by atoms with van der Waals surface area (Å²) in [5.41, 5.74) is 5.13. The number of hydrogen-bond acceptors (Lipinski definition) is 2. The Morgan fingerprint density at radius 2 is 2.00 bits per heavy atom. The van der Waals surface area contributed by atoms with E-state index in [1.165, 1.54) is 22.5 Å². The topological polar surface area (TPSA) is 29.9 Å². The zero-order valence-electron chi connectivity index (χ0n) is 11.2. The molecular weight excluding hydrogens is 222 g/mol. The van der Waals surface area contributed by atoms with Gasteiger partial charge in [-0.15, -0.1) is 0 Å². The second-order valence-electron chi connectivity index (χ2n) is 5.09. The first kappa shape index (κ1) is 11.3. The summed E-state index contributed by atoms with van der Waals surface area (Å²) in [6.07, 6.45) is 1.10. The van der Waals surface area contributed by atoms with E-state index in [0.717, 1.165) is 18.7 Å². The molecular formula is C15H19N3. The number of hydrogen-bond donors (Lipinski definition) is 1. The average Bonchev–Trinajstić information content (AvgIpc) is 2.67. The number of aryl methyl sites for hydroxylation is 2. The molecule has 0 radical (unpaired) electrons. The van der Waals surface area contributed by atoms with Crippen LogP contribution in [0, 0.1) is 20.8 Å². The number of aromatic nitrogens is 2. The van der Waals surface area contributed by atoms with Crippen LogP contribution in [-0.4, -0.2) is 16.3 Å². The summed E-state index contributed by atoms with van der Waals surface area (Å²) in [5, 5.41) is 8.18. The molecule has 18 heavy (non-hydrogen) atoms. The maximum atomic E-state index is 4.70. The predicted molar refractivity (Wildman–Crippen MR) is 74.1 cm³/mol. The largest absolute Gasteiger partial charge is 0.370 e. The van der Waals surface area contributed by atoms with Gasteiger partial charge in [-0.25, -0.2) is 4.68 Å². The second-order valence-corrected chi connectivity index (χ2v) is 5.09. The minimum atomic E-state index is 0.370. The van der Waals surface area contributed by atoms with Crippen LogP contribution in [0.5, 0.6) is 0 Å². The zero-order valence-corrected chi connectivity index (χ0v) is 11.2. The molecule has 94 valence electrons. The van der Waals surface area contributed by atoms with Crippen LogP contribution >= 0.6 is 0 Å². The Kier molecular flexibility index (Phi) is 2.62. The smallest absolute Gasteiger partial charge is 0.128 e. The summed E-state index contributed by atoms with van der Waals surface area (Å²) < 4.78 is 2.16. The Labute approximate surface area is 108 Å². The van der Waals surface area contributed by atoms with Crippen molar-refractivity contribution < 1.29 is 0 Å². The lowest BCUT2D eigenvalue weighted by Crippen LogP contribution is -2.25. The summed E-state index contributed by atoms with van der Waals surface area (Å²) in [7, 11) is 0. The van der Waals surface area contributed by atoms with Crippen molar-refractivity contribution in [2.45, 2.75) is 33.2 Å². The Morgan fingerprint density at radius 1 is 1.22 bits per heavy atom. The van der Waals surface area contributed by atoms with E-state index in [-0.39, 0.29) is 0 Å². The summed E-state index contributed by atoms with van der Waals surface area (Å²) >= 11 is 0. The molecule has 1 N–H and O–H groups in total.